The van der Waals surface area contributed by atoms with Gasteiger partial charge in [0.2, 0.25) is 12.7 Å². The van der Waals surface area contributed by atoms with Crippen molar-refractivity contribution in [3.8, 4) is 11.5 Å². The molecule has 6 nitrogen and oxygen atoms in total. The Morgan fingerprint density at radius 3 is 2.57 bits per heavy atom. The van der Waals surface area contributed by atoms with Crippen molar-refractivity contribution < 1.29 is 23.8 Å². The molecule has 2 atom stereocenters. The number of para-hydroxylation sites is 1. The third-order valence-electron chi connectivity index (χ3n) is 6.64. The van der Waals surface area contributed by atoms with Crippen molar-refractivity contribution in [3.05, 3.63) is 53.1 Å². The quantitative estimate of drug-likeness (QED) is 0.303. The van der Waals surface area contributed by atoms with Gasteiger partial charge in [-0.2, -0.15) is 0 Å². The Bertz CT molecular complexity index is 1040. The number of ether oxygens (including phenoxy) is 3. The van der Waals surface area contributed by atoms with E-state index in [0.717, 1.165) is 59.6 Å². The van der Waals surface area contributed by atoms with E-state index >= 15 is 0 Å². The third-order valence-corrected chi connectivity index (χ3v) is 6.64. The summed E-state index contributed by atoms with van der Waals surface area (Å²) in [6.07, 6.45) is 4.51. The normalized spacial score (nSPS) is 14.3. The van der Waals surface area contributed by atoms with Gasteiger partial charge in [0.25, 0.3) is 0 Å². The van der Waals surface area contributed by atoms with Crippen molar-refractivity contribution in [2.45, 2.75) is 84.0 Å². The number of unbranched alkanes of at least 4 members (excludes halogenated alkanes) is 2. The molecule has 0 bridgehead atoms. The zero-order valence-corrected chi connectivity index (χ0v) is 21.9. The second-order valence-corrected chi connectivity index (χ2v) is 10.3. The maximum absolute atomic E-state index is 13.4. The summed E-state index contributed by atoms with van der Waals surface area (Å²) in [5.74, 6) is 0.733. The summed E-state index contributed by atoms with van der Waals surface area (Å²) >= 11 is 0. The van der Waals surface area contributed by atoms with E-state index < -0.39 is 5.92 Å². The minimum atomic E-state index is -0.421. The molecule has 35 heavy (non-hydrogen) atoms. The second-order valence-electron chi connectivity index (χ2n) is 10.3. The van der Waals surface area contributed by atoms with Crippen LogP contribution in [0.25, 0.3) is 0 Å². The van der Waals surface area contributed by atoms with Crippen LogP contribution >= 0.6 is 0 Å². The number of hydrogen-bond acceptors (Lipinski definition) is 5. The minimum Gasteiger partial charge on any atom is -0.469 e. The topological polar surface area (TPSA) is 73.9 Å². The minimum absolute atomic E-state index is 0.0217. The molecule has 0 radical (unpaired) electrons. The van der Waals surface area contributed by atoms with Gasteiger partial charge in [0, 0.05) is 17.7 Å². The predicted molar refractivity (Wildman–Crippen MR) is 138 cm³/mol. The smallest absolute Gasteiger partial charge is 0.312 e. The molecule has 1 aliphatic rings. The second kappa shape index (κ2) is 11.6. The molecule has 0 spiro atoms. The molecule has 1 aliphatic heterocycles. The summed E-state index contributed by atoms with van der Waals surface area (Å²) < 4.78 is 16.3. The predicted octanol–water partition coefficient (Wildman–Crippen LogP) is 6.68. The first-order chi connectivity index (χ1) is 16.7. The number of methoxy groups -OCH3 is 1. The lowest BCUT2D eigenvalue weighted by Gasteiger charge is -2.25. The van der Waals surface area contributed by atoms with Crippen LogP contribution < -0.4 is 14.8 Å². The SMILES string of the molecule is CCCCCC(CC(=O)Nc1cc(C(C)C(=O)OC)ccc1C(C)(C)C)c1cccc2c1OCO2. The van der Waals surface area contributed by atoms with Gasteiger partial charge in [-0.1, -0.05) is 71.2 Å². The lowest BCUT2D eigenvalue weighted by molar-refractivity contribution is -0.142. The highest BCUT2D eigenvalue weighted by atomic mass is 16.7. The monoisotopic (exact) mass is 481 g/mol. The van der Waals surface area contributed by atoms with Crippen LogP contribution in [0.5, 0.6) is 11.5 Å². The van der Waals surface area contributed by atoms with Gasteiger partial charge in [-0.25, -0.2) is 0 Å². The van der Waals surface area contributed by atoms with E-state index in [9.17, 15) is 9.59 Å². The molecule has 190 valence electrons. The fraction of sp³-hybridized carbons (Fsp3) is 0.517. The van der Waals surface area contributed by atoms with Crippen molar-refractivity contribution in [3.63, 3.8) is 0 Å². The Balaban J connectivity index is 1.87. The molecule has 2 unspecified atom stereocenters. The summed E-state index contributed by atoms with van der Waals surface area (Å²) in [5, 5.41) is 3.16. The number of anilines is 1. The number of carbonyl (C=O) groups is 2. The number of rotatable bonds is 10. The van der Waals surface area contributed by atoms with E-state index in [1.165, 1.54) is 7.11 Å². The van der Waals surface area contributed by atoms with Crippen LogP contribution in [0.15, 0.2) is 36.4 Å². The van der Waals surface area contributed by atoms with Crippen molar-refractivity contribution in [1.29, 1.82) is 0 Å². The molecule has 0 aromatic heterocycles. The van der Waals surface area contributed by atoms with E-state index in [0.29, 0.717) is 6.42 Å². The average molecular weight is 482 g/mol. The molecule has 1 N–H and O–H groups in total. The van der Waals surface area contributed by atoms with Crippen LogP contribution in [-0.2, 0) is 19.7 Å². The number of hydrogen-bond donors (Lipinski definition) is 1. The maximum Gasteiger partial charge on any atom is 0.312 e. The summed E-state index contributed by atoms with van der Waals surface area (Å²) in [7, 11) is 1.39. The lowest BCUT2D eigenvalue weighted by Crippen LogP contribution is -2.21. The van der Waals surface area contributed by atoms with E-state index in [1.54, 1.807) is 0 Å². The summed E-state index contributed by atoms with van der Waals surface area (Å²) in [6, 6.07) is 11.7. The molecule has 0 aliphatic carbocycles. The van der Waals surface area contributed by atoms with Crippen LogP contribution in [-0.4, -0.2) is 25.8 Å². The molecule has 2 aromatic carbocycles. The van der Waals surface area contributed by atoms with Crippen molar-refractivity contribution in [1.82, 2.24) is 0 Å². The molecule has 3 rings (SSSR count). The van der Waals surface area contributed by atoms with Crippen LogP contribution in [0.1, 0.15) is 95.2 Å². The first kappa shape index (κ1) is 26.6. The molecule has 1 heterocycles. The van der Waals surface area contributed by atoms with Crippen LogP contribution in [0.4, 0.5) is 5.69 Å². The molecule has 0 fully saturated rings. The van der Waals surface area contributed by atoms with Gasteiger partial charge in [0.15, 0.2) is 11.5 Å². The van der Waals surface area contributed by atoms with Gasteiger partial charge in [-0.15, -0.1) is 0 Å². The fourth-order valence-electron chi connectivity index (χ4n) is 4.61. The Morgan fingerprint density at radius 1 is 1.11 bits per heavy atom. The highest BCUT2D eigenvalue weighted by Gasteiger charge is 2.27. The highest BCUT2D eigenvalue weighted by molar-refractivity contribution is 5.93. The number of benzene rings is 2. The van der Waals surface area contributed by atoms with Crippen molar-refractivity contribution in [2.75, 3.05) is 19.2 Å². The number of nitrogens with one attached hydrogen (secondary N) is 1. The molecular weight excluding hydrogens is 442 g/mol. The highest BCUT2D eigenvalue weighted by Crippen LogP contribution is 2.42. The van der Waals surface area contributed by atoms with E-state index in [-0.39, 0.29) is 30.0 Å². The molecule has 2 aromatic rings. The number of carbonyl (C=O) groups excluding carboxylic acids is 2. The molecule has 0 saturated carbocycles. The van der Waals surface area contributed by atoms with Crippen LogP contribution in [0.3, 0.4) is 0 Å². The van der Waals surface area contributed by atoms with Gasteiger partial charge >= 0.3 is 5.97 Å². The Kier molecular flexibility index (Phi) is 8.82. The van der Waals surface area contributed by atoms with E-state index in [4.69, 9.17) is 14.2 Å². The molecular formula is C29H39NO5. The maximum atomic E-state index is 13.4. The molecule has 1 amide bonds. The summed E-state index contributed by atoms with van der Waals surface area (Å²) in [6.45, 7) is 10.5. The Labute approximate surface area is 209 Å². The number of fused-ring (bicyclic) bond motifs is 1. The average Bonchev–Trinajstić information content (AvgIpc) is 3.31. The third kappa shape index (κ3) is 6.56. The van der Waals surface area contributed by atoms with Crippen molar-refractivity contribution in [2.24, 2.45) is 0 Å². The number of esters is 1. The summed E-state index contributed by atoms with van der Waals surface area (Å²) in [4.78, 5) is 25.5. The number of amides is 1. The molecule has 6 heteroatoms. The zero-order chi connectivity index (χ0) is 25.6. The van der Waals surface area contributed by atoms with Gasteiger partial charge in [-0.3, -0.25) is 9.59 Å². The molecule has 0 saturated heterocycles. The summed E-state index contributed by atoms with van der Waals surface area (Å²) in [5.41, 5.74) is 3.41. The first-order valence-electron chi connectivity index (χ1n) is 12.6. The van der Waals surface area contributed by atoms with Crippen LogP contribution in [0, 0.1) is 0 Å². The largest absolute Gasteiger partial charge is 0.469 e. The van der Waals surface area contributed by atoms with Gasteiger partial charge in [0.1, 0.15) is 0 Å². The zero-order valence-electron chi connectivity index (χ0n) is 21.9. The van der Waals surface area contributed by atoms with Gasteiger partial charge < -0.3 is 19.5 Å². The first-order valence-corrected chi connectivity index (χ1v) is 12.6. The van der Waals surface area contributed by atoms with Gasteiger partial charge in [0.05, 0.1) is 13.0 Å². The van der Waals surface area contributed by atoms with E-state index in [1.807, 2.05) is 43.3 Å². The van der Waals surface area contributed by atoms with Gasteiger partial charge in [-0.05, 0) is 47.9 Å². The van der Waals surface area contributed by atoms with E-state index in [2.05, 4.69) is 33.0 Å². The fourth-order valence-corrected chi connectivity index (χ4v) is 4.61. The lowest BCUT2D eigenvalue weighted by atomic mass is 9.84. The van der Waals surface area contributed by atoms with Crippen LogP contribution in [0.2, 0.25) is 0 Å². The standard InChI is InChI=1S/C29H39NO5/c1-7-8-9-11-21(22-12-10-13-25-27(22)35-18-34-25)17-26(31)30-24-16-20(19(2)28(32)33-6)14-15-23(24)29(3,4)5/h10,12-16,19,21H,7-9,11,17-18H2,1-6H3,(H,30,31). The van der Waals surface area contributed by atoms with Crippen molar-refractivity contribution >= 4 is 17.6 Å². The Hall–Kier alpha value is -3.02. The Morgan fingerprint density at radius 2 is 1.89 bits per heavy atom.